The van der Waals surface area contributed by atoms with Gasteiger partial charge < -0.3 is 5.32 Å². The van der Waals surface area contributed by atoms with Crippen molar-refractivity contribution in [1.29, 1.82) is 0 Å². The molecule has 2 aromatic carbocycles. The molecule has 0 saturated carbocycles. The lowest BCUT2D eigenvalue weighted by Crippen LogP contribution is -2.22. The molecule has 0 bridgehead atoms. The molecule has 112 valence electrons. The van der Waals surface area contributed by atoms with Gasteiger partial charge in [-0.3, -0.25) is 0 Å². The third-order valence-corrected chi connectivity index (χ3v) is 3.06. The fraction of sp³-hybridized carbons (Fsp3) is 0.250. The Morgan fingerprint density at radius 1 is 0.952 bits per heavy atom. The van der Waals surface area contributed by atoms with Crippen LogP contribution in [0, 0.1) is 23.3 Å². The van der Waals surface area contributed by atoms with Crippen molar-refractivity contribution in [2.24, 2.45) is 0 Å². The Morgan fingerprint density at radius 2 is 1.57 bits per heavy atom. The van der Waals surface area contributed by atoms with Crippen molar-refractivity contribution >= 4 is 0 Å². The van der Waals surface area contributed by atoms with Gasteiger partial charge in [-0.15, -0.1) is 0 Å². The first-order valence-electron chi connectivity index (χ1n) is 6.55. The summed E-state index contributed by atoms with van der Waals surface area (Å²) in [5, 5.41) is 3.11. The summed E-state index contributed by atoms with van der Waals surface area (Å²) >= 11 is 0. The SMILES string of the molecule is CC(C)NCc1cc(F)ccc1-c1cc(F)c(F)c(F)c1. The van der Waals surface area contributed by atoms with E-state index in [2.05, 4.69) is 5.32 Å². The molecule has 0 saturated heterocycles. The van der Waals surface area contributed by atoms with E-state index in [9.17, 15) is 17.6 Å². The Labute approximate surface area is 120 Å². The number of hydrogen-bond donors (Lipinski definition) is 1. The standard InChI is InChI=1S/C16H15F4N/c1-9(2)21-8-11-5-12(17)3-4-13(11)10-6-14(18)16(20)15(19)7-10/h3-7,9,21H,8H2,1-2H3. The Kier molecular flexibility index (Phi) is 4.63. The van der Waals surface area contributed by atoms with Crippen molar-refractivity contribution in [1.82, 2.24) is 5.32 Å². The molecule has 0 fully saturated rings. The number of hydrogen-bond acceptors (Lipinski definition) is 1. The highest BCUT2D eigenvalue weighted by Gasteiger charge is 2.14. The van der Waals surface area contributed by atoms with Crippen LogP contribution < -0.4 is 5.32 Å². The molecule has 2 rings (SSSR count). The van der Waals surface area contributed by atoms with Crippen molar-refractivity contribution < 1.29 is 17.6 Å². The second-order valence-corrected chi connectivity index (χ2v) is 5.09. The van der Waals surface area contributed by atoms with E-state index < -0.39 is 23.3 Å². The van der Waals surface area contributed by atoms with Crippen LogP contribution in [0.2, 0.25) is 0 Å². The van der Waals surface area contributed by atoms with Gasteiger partial charge in [0.05, 0.1) is 0 Å². The van der Waals surface area contributed by atoms with Crippen molar-refractivity contribution in [2.75, 3.05) is 0 Å². The molecule has 21 heavy (non-hydrogen) atoms. The lowest BCUT2D eigenvalue weighted by atomic mass is 9.99. The Morgan fingerprint density at radius 3 is 2.14 bits per heavy atom. The summed E-state index contributed by atoms with van der Waals surface area (Å²) < 4.78 is 53.1. The topological polar surface area (TPSA) is 12.0 Å². The molecular formula is C16H15F4N. The number of halogens is 4. The minimum absolute atomic E-state index is 0.169. The van der Waals surface area contributed by atoms with E-state index in [1.54, 1.807) is 0 Å². The summed E-state index contributed by atoms with van der Waals surface area (Å²) in [4.78, 5) is 0. The Balaban J connectivity index is 2.48. The molecule has 0 atom stereocenters. The average molecular weight is 297 g/mol. The minimum atomic E-state index is -1.51. The predicted molar refractivity (Wildman–Crippen MR) is 73.7 cm³/mol. The summed E-state index contributed by atoms with van der Waals surface area (Å²) in [7, 11) is 0. The smallest absolute Gasteiger partial charge is 0.194 e. The van der Waals surface area contributed by atoms with E-state index in [1.807, 2.05) is 13.8 Å². The zero-order valence-electron chi connectivity index (χ0n) is 11.7. The van der Waals surface area contributed by atoms with E-state index >= 15 is 0 Å². The molecule has 1 N–H and O–H groups in total. The molecule has 0 aliphatic carbocycles. The molecule has 0 amide bonds. The molecule has 0 radical (unpaired) electrons. The van der Waals surface area contributed by atoms with Crippen molar-refractivity contribution in [3.05, 3.63) is 59.2 Å². The highest BCUT2D eigenvalue weighted by Crippen LogP contribution is 2.27. The van der Waals surface area contributed by atoms with Gasteiger partial charge in [0, 0.05) is 12.6 Å². The summed E-state index contributed by atoms with van der Waals surface area (Å²) in [6.45, 7) is 4.19. The molecule has 0 aliphatic rings. The average Bonchev–Trinajstić information content (AvgIpc) is 2.42. The van der Waals surface area contributed by atoms with Crippen LogP contribution in [0.1, 0.15) is 19.4 Å². The van der Waals surface area contributed by atoms with Gasteiger partial charge in [0.1, 0.15) is 5.82 Å². The minimum Gasteiger partial charge on any atom is -0.310 e. The Bertz CT molecular complexity index is 630. The molecule has 0 spiro atoms. The largest absolute Gasteiger partial charge is 0.310 e. The number of rotatable bonds is 4. The fourth-order valence-corrected chi connectivity index (χ4v) is 2.02. The predicted octanol–water partition coefficient (Wildman–Crippen LogP) is 4.41. The van der Waals surface area contributed by atoms with Gasteiger partial charge in [0.2, 0.25) is 0 Å². The molecular weight excluding hydrogens is 282 g/mol. The highest BCUT2D eigenvalue weighted by atomic mass is 19.2. The molecule has 0 aromatic heterocycles. The van der Waals surface area contributed by atoms with Crippen LogP contribution in [0.15, 0.2) is 30.3 Å². The van der Waals surface area contributed by atoms with E-state index in [-0.39, 0.29) is 11.6 Å². The zero-order valence-corrected chi connectivity index (χ0v) is 11.7. The fourth-order valence-electron chi connectivity index (χ4n) is 2.02. The number of benzene rings is 2. The lowest BCUT2D eigenvalue weighted by molar-refractivity contribution is 0.447. The van der Waals surface area contributed by atoms with Crippen LogP contribution in [0.5, 0.6) is 0 Å². The van der Waals surface area contributed by atoms with E-state index in [0.29, 0.717) is 17.7 Å². The third-order valence-electron chi connectivity index (χ3n) is 3.06. The van der Waals surface area contributed by atoms with Gasteiger partial charge in [0.25, 0.3) is 0 Å². The summed E-state index contributed by atoms with van der Waals surface area (Å²) in [5.74, 6) is -4.49. The monoisotopic (exact) mass is 297 g/mol. The van der Waals surface area contributed by atoms with E-state index in [0.717, 1.165) is 12.1 Å². The van der Waals surface area contributed by atoms with Crippen LogP contribution in [-0.2, 0) is 6.54 Å². The summed E-state index contributed by atoms with van der Waals surface area (Å²) in [5.41, 5.74) is 1.18. The summed E-state index contributed by atoms with van der Waals surface area (Å²) in [6, 6.07) is 5.91. The van der Waals surface area contributed by atoms with Gasteiger partial charge in [-0.2, -0.15) is 0 Å². The van der Waals surface area contributed by atoms with Gasteiger partial charge >= 0.3 is 0 Å². The first kappa shape index (κ1) is 15.5. The molecule has 2 aromatic rings. The Hall–Kier alpha value is -1.88. The molecule has 5 heteroatoms. The molecule has 1 nitrogen and oxygen atoms in total. The van der Waals surface area contributed by atoms with Crippen LogP contribution in [0.4, 0.5) is 17.6 Å². The van der Waals surface area contributed by atoms with Gasteiger partial charge in [-0.05, 0) is 41.0 Å². The molecule has 0 heterocycles. The van der Waals surface area contributed by atoms with Crippen LogP contribution >= 0.6 is 0 Å². The van der Waals surface area contributed by atoms with Crippen molar-refractivity contribution in [3.63, 3.8) is 0 Å². The molecule has 0 aliphatic heterocycles. The second-order valence-electron chi connectivity index (χ2n) is 5.09. The second kappa shape index (κ2) is 6.26. The van der Waals surface area contributed by atoms with Crippen molar-refractivity contribution in [3.8, 4) is 11.1 Å². The first-order valence-corrected chi connectivity index (χ1v) is 6.55. The third kappa shape index (κ3) is 3.61. The van der Waals surface area contributed by atoms with E-state index in [4.69, 9.17) is 0 Å². The normalized spacial score (nSPS) is 11.2. The number of nitrogens with one attached hydrogen (secondary N) is 1. The lowest BCUT2D eigenvalue weighted by Gasteiger charge is -2.13. The zero-order chi connectivity index (χ0) is 15.6. The molecule has 0 unspecified atom stereocenters. The highest BCUT2D eigenvalue weighted by molar-refractivity contribution is 5.67. The van der Waals surface area contributed by atoms with Gasteiger partial charge in [-0.1, -0.05) is 19.9 Å². The summed E-state index contributed by atoms with van der Waals surface area (Å²) in [6.07, 6.45) is 0. The maximum Gasteiger partial charge on any atom is 0.194 e. The van der Waals surface area contributed by atoms with E-state index in [1.165, 1.54) is 18.2 Å². The maximum absolute atomic E-state index is 13.4. The van der Waals surface area contributed by atoms with Gasteiger partial charge in [0.15, 0.2) is 17.5 Å². The quantitative estimate of drug-likeness (QED) is 0.651. The van der Waals surface area contributed by atoms with Crippen LogP contribution in [0.3, 0.4) is 0 Å². The van der Waals surface area contributed by atoms with Crippen molar-refractivity contribution in [2.45, 2.75) is 26.4 Å². The van der Waals surface area contributed by atoms with Gasteiger partial charge in [-0.25, -0.2) is 17.6 Å². The van der Waals surface area contributed by atoms with Crippen LogP contribution in [0.25, 0.3) is 11.1 Å². The maximum atomic E-state index is 13.4. The van der Waals surface area contributed by atoms with Crippen LogP contribution in [-0.4, -0.2) is 6.04 Å². The first-order chi connectivity index (χ1) is 9.88.